The van der Waals surface area contributed by atoms with E-state index in [9.17, 15) is 54.3 Å². The lowest BCUT2D eigenvalue weighted by Crippen LogP contribution is -2.61. The van der Waals surface area contributed by atoms with Crippen molar-refractivity contribution in [3.8, 4) is 0 Å². The fourth-order valence-electron chi connectivity index (χ4n) is 4.29. The lowest BCUT2D eigenvalue weighted by Gasteiger charge is -2.29. The maximum absolute atomic E-state index is 12.8. The molecule has 6 atom stereocenters. The molecule has 0 radical (unpaired) electrons. The van der Waals surface area contributed by atoms with E-state index in [0.29, 0.717) is 11.4 Å². The van der Waals surface area contributed by atoms with Crippen molar-refractivity contribution in [2.45, 2.75) is 55.8 Å². The third kappa shape index (κ3) is 10.5. The van der Waals surface area contributed by atoms with Crippen molar-refractivity contribution in [1.82, 2.24) is 35.9 Å². The van der Waals surface area contributed by atoms with Gasteiger partial charge in [0.05, 0.1) is 25.0 Å². The number of carboxylic acid groups (broad SMARTS) is 2. The maximum Gasteiger partial charge on any atom is 0.327 e. The summed E-state index contributed by atoms with van der Waals surface area (Å²) in [6.45, 7) is -0.899. The molecule has 2 aromatic heterocycles. The summed E-state index contributed by atoms with van der Waals surface area (Å²) in [5.74, 6) is -6.66. The number of hydrogen-bond acceptors (Lipinski definition) is 16. The molecular weight excluding hydrogens is 686 g/mol. The molecule has 270 valence electrons. The molecule has 0 saturated heterocycles. The van der Waals surface area contributed by atoms with Crippen LogP contribution in [0.1, 0.15) is 28.9 Å². The van der Waals surface area contributed by atoms with Crippen molar-refractivity contribution >= 4 is 65.1 Å². The summed E-state index contributed by atoms with van der Waals surface area (Å²) in [5, 5.41) is 67.5. The summed E-state index contributed by atoms with van der Waals surface area (Å²) >= 11 is 3.80. The highest BCUT2D eigenvalue weighted by Gasteiger charge is 2.38. The number of hydrogen-bond donors (Lipinski definition) is 13. The summed E-state index contributed by atoms with van der Waals surface area (Å²) in [6.07, 6.45) is -6.11. The Morgan fingerprint density at radius 3 is 2.18 bits per heavy atom. The molecular formula is C28H35N9O12S. The molecule has 0 fully saturated rings. The largest absolute Gasteiger partial charge is 0.480 e. The van der Waals surface area contributed by atoms with Gasteiger partial charge in [0.15, 0.2) is 11.2 Å². The summed E-state index contributed by atoms with van der Waals surface area (Å²) in [6, 6.07) is 0.574. The second kappa shape index (κ2) is 17.8. The van der Waals surface area contributed by atoms with Crippen molar-refractivity contribution in [1.29, 1.82) is 0 Å². The van der Waals surface area contributed by atoms with E-state index >= 15 is 0 Å². The molecule has 22 heteroatoms. The van der Waals surface area contributed by atoms with Crippen LogP contribution in [0.3, 0.4) is 0 Å². The highest BCUT2D eigenvalue weighted by molar-refractivity contribution is 7.80. The minimum Gasteiger partial charge on any atom is -0.480 e. The minimum absolute atomic E-state index is 0.00583. The number of anilines is 2. The van der Waals surface area contributed by atoms with Crippen LogP contribution >= 0.6 is 12.6 Å². The zero-order valence-corrected chi connectivity index (χ0v) is 26.8. The van der Waals surface area contributed by atoms with Gasteiger partial charge in [-0.25, -0.2) is 19.6 Å². The SMILES string of the molecule is Nc1nc2ncc(CNc3ccc(C(=O)N[C@@H](CCC(=O)N[C@H](C(=O)N[C@@H](CS)C(=O)O)[C@@H](O)[C@H](O)[C@H](O)CO)C(=O)O)cc3)nc2c(=O)[nH]1. The number of carbonyl (C=O) groups excluding carboxylic acids is 3. The van der Waals surface area contributed by atoms with Crippen LogP contribution in [0, 0.1) is 0 Å². The Bertz CT molecular complexity index is 1760. The van der Waals surface area contributed by atoms with Gasteiger partial charge in [0, 0.05) is 23.4 Å². The fraction of sp³-hybridized carbons (Fsp3) is 0.393. The first-order chi connectivity index (χ1) is 23.6. The fourth-order valence-corrected chi connectivity index (χ4v) is 4.54. The summed E-state index contributed by atoms with van der Waals surface area (Å²) in [4.78, 5) is 88.0. The topological polar surface area (TPSA) is 352 Å². The van der Waals surface area contributed by atoms with Gasteiger partial charge < -0.3 is 57.6 Å². The van der Waals surface area contributed by atoms with Gasteiger partial charge in [-0.2, -0.15) is 17.6 Å². The van der Waals surface area contributed by atoms with Gasteiger partial charge in [-0.3, -0.25) is 24.2 Å². The first kappa shape index (κ1) is 39.0. The molecule has 0 aliphatic carbocycles. The highest BCUT2D eigenvalue weighted by atomic mass is 32.1. The smallest absolute Gasteiger partial charge is 0.327 e. The second-order valence-corrected chi connectivity index (χ2v) is 11.0. The molecule has 1 aromatic carbocycles. The van der Waals surface area contributed by atoms with Crippen molar-refractivity contribution in [2.24, 2.45) is 0 Å². The number of nitrogens with zero attached hydrogens (tertiary/aromatic N) is 3. The Morgan fingerprint density at radius 1 is 0.920 bits per heavy atom. The van der Waals surface area contributed by atoms with Gasteiger partial charge in [-0.05, 0) is 30.7 Å². The number of fused-ring (bicyclic) bond motifs is 1. The number of nitrogens with two attached hydrogens (primary N) is 1. The number of aliphatic carboxylic acids is 2. The van der Waals surface area contributed by atoms with Gasteiger partial charge >= 0.3 is 11.9 Å². The van der Waals surface area contributed by atoms with Crippen LogP contribution in [0.4, 0.5) is 11.6 Å². The Labute approximate surface area is 286 Å². The van der Waals surface area contributed by atoms with Gasteiger partial charge in [-0.1, -0.05) is 0 Å². The second-order valence-electron chi connectivity index (χ2n) is 10.7. The van der Waals surface area contributed by atoms with Crippen LogP contribution in [0.5, 0.6) is 0 Å². The van der Waals surface area contributed by atoms with Crippen molar-refractivity contribution in [3.63, 3.8) is 0 Å². The molecule has 13 N–H and O–H groups in total. The Kier molecular flexibility index (Phi) is 13.9. The number of nitrogens with one attached hydrogen (secondary N) is 5. The first-order valence-corrected chi connectivity index (χ1v) is 15.3. The number of benzene rings is 1. The number of aliphatic hydroxyl groups is 4. The highest BCUT2D eigenvalue weighted by Crippen LogP contribution is 2.13. The van der Waals surface area contributed by atoms with E-state index in [-0.39, 0.29) is 29.2 Å². The van der Waals surface area contributed by atoms with E-state index in [0.717, 1.165) is 0 Å². The van der Waals surface area contributed by atoms with E-state index in [4.69, 9.17) is 10.8 Å². The summed E-state index contributed by atoms with van der Waals surface area (Å²) < 4.78 is 0. The number of aromatic nitrogens is 4. The standard InChI is InChI=1S/C28H35N9O12S/c29-28-36-22-19(25(45)37-28)32-13(8-31-22)7-30-12-3-1-11(2-4-12)23(43)33-14(26(46)47)5-6-17(40)35-18(21(42)20(41)16(39)9-38)24(44)34-15(10-50)27(48)49/h1-4,8,14-16,18,20-21,30,38-39,41-42,50H,5-7,9-10H2,(H,33,43)(H,34,44)(H,35,40)(H,46,47)(H,48,49)(H3,29,31,36,37,45)/t14-,15-,16+,18-,20+,21+/m0/s1. The minimum atomic E-state index is -2.25. The van der Waals surface area contributed by atoms with Crippen LogP contribution < -0.4 is 32.6 Å². The number of aliphatic hydroxyl groups excluding tert-OH is 4. The van der Waals surface area contributed by atoms with Crippen molar-refractivity contribution in [2.75, 3.05) is 23.4 Å². The van der Waals surface area contributed by atoms with Crippen molar-refractivity contribution < 1.29 is 54.6 Å². The number of aromatic amines is 1. The monoisotopic (exact) mass is 721 g/mol. The Hall–Kier alpha value is -5.42. The lowest BCUT2D eigenvalue weighted by molar-refractivity contribution is -0.144. The molecule has 0 spiro atoms. The first-order valence-electron chi connectivity index (χ1n) is 14.6. The van der Waals surface area contributed by atoms with E-state index in [1.54, 1.807) is 0 Å². The summed E-state index contributed by atoms with van der Waals surface area (Å²) in [7, 11) is 0. The van der Waals surface area contributed by atoms with Gasteiger partial charge in [0.25, 0.3) is 11.5 Å². The van der Waals surface area contributed by atoms with Gasteiger partial charge in [0.2, 0.25) is 17.8 Å². The number of rotatable bonds is 18. The normalized spacial score (nSPS) is 14.7. The molecule has 3 amide bonds. The zero-order valence-electron chi connectivity index (χ0n) is 25.9. The third-order valence-electron chi connectivity index (χ3n) is 7.04. The molecule has 3 aromatic rings. The average Bonchev–Trinajstić information content (AvgIpc) is 3.09. The van der Waals surface area contributed by atoms with Crippen LogP contribution in [0.25, 0.3) is 11.2 Å². The predicted molar refractivity (Wildman–Crippen MR) is 175 cm³/mol. The molecule has 0 aliphatic heterocycles. The average molecular weight is 722 g/mol. The van der Waals surface area contributed by atoms with E-state index in [1.165, 1.54) is 30.5 Å². The van der Waals surface area contributed by atoms with Crippen LogP contribution in [-0.2, 0) is 25.7 Å². The Morgan fingerprint density at radius 2 is 1.58 bits per heavy atom. The van der Waals surface area contributed by atoms with Gasteiger partial charge in [-0.15, -0.1) is 0 Å². The van der Waals surface area contributed by atoms with Crippen molar-refractivity contribution in [3.05, 3.63) is 52.1 Å². The lowest BCUT2D eigenvalue weighted by atomic mass is 9.99. The molecule has 2 heterocycles. The number of thiol groups is 1. The van der Waals surface area contributed by atoms with Crippen LogP contribution in [0.2, 0.25) is 0 Å². The molecule has 0 unspecified atom stereocenters. The van der Waals surface area contributed by atoms with Crippen LogP contribution in [-0.4, -0.2) is 129 Å². The number of carboxylic acids is 2. The Balaban J connectivity index is 1.61. The molecule has 0 aliphatic rings. The predicted octanol–water partition coefficient (Wildman–Crippen LogP) is -4.07. The molecule has 21 nitrogen and oxygen atoms in total. The third-order valence-corrected chi connectivity index (χ3v) is 7.40. The number of amides is 3. The number of carbonyl (C=O) groups is 5. The molecule has 0 saturated carbocycles. The molecule has 50 heavy (non-hydrogen) atoms. The summed E-state index contributed by atoms with van der Waals surface area (Å²) in [5.41, 5.74) is 5.99. The van der Waals surface area contributed by atoms with E-state index < -0.39 is 96.9 Å². The molecule has 0 bridgehead atoms. The maximum atomic E-state index is 12.8. The number of H-pyrrole nitrogens is 1. The molecule has 3 rings (SSSR count). The number of nitrogen functional groups attached to an aromatic ring is 1. The quantitative estimate of drug-likeness (QED) is 0.0555. The van der Waals surface area contributed by atoms with Crippen LogP contribution in [0.15, 0.2) is 35.3 Å². The van der Waals surface area contributed by atoms with E-state index in [1.807, 2.05) is 10.6 Å². The zero-order chi connectivity index (χ0) is 37.1. The van der Waals surface area contributed by atoms with Gasteiger partial charge in [0.1, 0.15) is 36.4 Å². The van der Waals surface area contributed by atoms with E-state index in [2.05, 4.69) is 43.2 Å².